The average Bonchev–Trinajstić information content (AvgIpc) is 1.88. The minimum atomic E-state index is -5.37. The zero-order valence-electron chi connectivity index (χ0n) is 6.05. The minimum Gasteiger partial charge on any atom is -0.229 e. The van der Waals surface area contributed by atoms with Crippen LogP contribution in [0.3, 0.4) is 0 Å². The number of rotatable bonds is 0. The molecule has 1 rings (SSSR count). The molecule has 0 spiro atoms. The first-order chi connectivity index (χ1) is 5.46. The van der Waals surface area contributed by atoms with Crippen LogP contribution in [0.4, 0.5) is 30.7 Å². The molecule has 1 fully saturated rings. The summed E-state index contributed by atoms with van der Waals surface area (Å²) in [6.07, 6.45) is 0. The summed E-state index contributed by atoms with van der Waals surface area (Å²) in [6.45, 7) is -0.235. The first-order valence-corrected chi connectivity index (χ1v) is 3.80. The monoisotopic (exact) mass is 228 g/mol. The molecule has 0 aromatic rings. The third-order valence-corrected chi connectivity index (χ3v) is 2.91. The van der Waals surface area contributed by atoms with Crippen molar-refractivity contribution in [2.75, 3.05) is 0 Å². The average molecular weight is 228 g/mol. The molecule has 78 valence electrons. The molecule has 1 heterocycles. The summed E-state index contributed by atoms with van der Waals surface area (Å²) >= 11 is -1.65. The van der Waals surface area contributed by atoms with Gasteiger partial charge in [0.15, 0.2) is 0 Å². The van der Waals surface area contributed by atoms with Gasteiger partial charge in [-0.3, -0.25) is 0 Å². The lowest BCUT2D eigenvalue weighted by molar-refractivity contribution is -0.244. The van der Waals surface area contributed by atoms with Crippen molar-refractivity contribution < 1.29 is 30.7 Å². The normalized spacial score (nSPS) is 40.6. The maximum absolute atomic E-state index is 12.7. The molecular weight excluding hydrogens is 225 g/mol. The standard InChI is InChI=1S/C5H3F7S/c1-2(6)3(7,8)5(11,12)13-4(2,9)10/h1H3. The van der Waals surface area contributed by atoms with Gasteiger partial charge in [0.2, 0.25) is 0 Å². The maximum Gasteiger partial charge on any atom is 0.365 e. The van der Waals surface area contributed by atoms with E-state index in [1.165, 1.54) is 0 Å². The Morgan fingerprint density at radius 2 is 1.15 bits per heavy atom. The molecule has 0 amide bonds. The predicted octanol–water partition coefficient (Wildman–Crippen LogP) is 3.28. The van der Waals surface area contributed by atoms with E-state index in [2.05, 4.69) is 0 Å². The number of hydrogen-bond acceptors (Lipinski definition) is 1. The Morgan fingerprint density at radius 3 is 1.23 bits per heavy atom. The molecule has 1 unspecified atom stereocenters. The summed E-state index contributed by atoms with van der Waals surface area (Å²) < 4.78 is 86.5. The second-order valence-corrected chi connectivity index (χ2v) is 3.94. The fraction of sp³-hybridized carbons (Fsp3) is 1.00. The van der Waals surface area contributed by atoms with Crippen LogP contribution in [-0.4, -0.2) is 22.1 Å². The fourth-order valence-corrected chi connectivity index (χ4v) is 1.74. The van der Waals surface area contributed by atoms with Gasteiger partial charge in [-0.25, -0.2) is 4.39 Å². The summed E-state index contributed by atoms with van der Waals surface area (Å²) in [7, 11) is 0. The van der Waals surface area contributed by atoms with E-state index >= 15 is 0 Å². The lowest BCUT2D eigenvalue weighted by Crippen LogP contribution is -2.52. The Balaban J connectivity index is 3.24. The quantitative estimate of drug-likeness (QED) is 0.573. The smallest absolute Gasteiger partial charge is 0.229 e. The third kappa shape index (κ3) is 1.07. The van der Waals surface area contributed by atoms with Gasteiger partial charge < -0.3 is 0 Å². The molecule has 0 nitrogen and oxygen atoms in total. The molecule has 0 N–H and O–H groups in total. The molecule has 1 saturated heterocycles. The van der Waals surface area contributed by atoms with E-state index in [1.54, 1.807) is 0 Å². The van der Waals surface area contributed by atoms with Crippen molar-refractivity contribution in [3.63, 3.8) is 0 Å². The predicted molar refractivity (Wildman–Crippen MR) is 31.9 cm³/mol. The van der Waals surface area contributed by atoms with Gasteiger partial charge in [-0.1, -0.05) is 0 Å². The second kappa shape index (κ2) is 2.26. The summed E-state index contributed by atoms with van der Waals surface area (Å²) in [5.41, 5.74) is -4.53. The van der Waals surface area contributed by atoms with Gasteiger partial charge in [0, 0.05) is 0 Å². The summed E-state index contributed by atoms with van der Waals surface area (Å²) in [5.74, 6) is -5.37. The minimum absolute atomic E-state index is 0.235. The van der Waals surface area contributed by atoms with Crippen molar-refractivity contribution in [2.45, 2.75) is 29.0 Å². The van der Waals surface area contributed by atoms with Crippen molar-refractivity contribution in [3.8, 4) is 0 Å². The molecular formula is C5H3F7S. The Hall–Kier alpha value is -0.140. The topological polar surface area (TPSA) is 0 Å². The van der Waals surface area contributed by atoms with E-state index in [-0.39, 0.29) is 6.92 Å². The van der Waals surface area contributed by atoms with Crippen LogP contribution in [-0.2, 0) is 0 Å². The number of thioether (sulfide) groups is 1. The van der Waals surface area contributed by atoms with Crippen molar-refractivity contribution in [1.29, 1.82) is 0 Å². The van der Waals surface area contributed by atoms with Crippen LogP contribution in [0.5, 0.6) is 0 Å². The van der Waals surface area contributed by atoms with Gasteiger partial charge in [0.1, 0.15) is 0 Å². The first-order valence-electron chi connectivity index (χ1n) is 2.98. The molecule has 1 aliphatic rings. The summed E-state index contributed by atoms with van der Waals surface area (Å²) in [6, 6.07) is 0. The molecule has 1 atom stereocenters. The molecule has 0 aromatic heterocycles. The van der Waals surface area contributed by atoms with Gasteiger partial charge in [-0.05, 0) is 18.7 Å². The molecule has 0 aromatic carbocycles. The highest BCUT2D eigenvalue weighted by molar-refractivity contribution is 8.01. The molecule has 13 heavy (non-hydrogen) atoms. The number of hydrogen-bond donors (Lipinski definition) is 0. The zero-order valence-corrected chi connectivity index (χ0v) is 6.87. The lowest BCUT2D eigenvalue weighted by atomic mass is 10.0. The second-order valence-electron chi connectivity index (χ2n) is 2.71. The highest BCUT2D eigenvalue weighted by Gasteiger charge is 2.86. The highest BCUT2D eigenvalue weighted by Crippen LogP contribution is 2.68. The SMILES string of the molecule is CC1(F)C(F)(F)SC(F)(F)C1(F)F. The van der Waals surface area contributed by atoms with Crippen LogP contribution in [0.1, 0.15) is 6.92 Å². The molecule has 8 heteroatoms. The zero-order chi connectivity index (χ0) is 10.7. The molecule has 1 aliphatic heterocycles. The van der Waals surface area contributed by atoms with Crippen molar-refractivity contribution in [3.05, 3.63) is 0 Å². The van der Waals surface area contributed by atoms with Crippen molar-refractivity contribution in [1.82, 2.24) is 0 Å². The first kappa shape index (κ1) is 10.9. The number of halogens is 7. The van der Waals surface area contributed by atoms with E-state index in [1.807, 2.05) is 0 Å². The Bertz CT molecular complexity index is 209. The molecule has 0 saturated carbocycles. The van der Waals surface area contributed by atoms with Gasteiger partial charge in [0.05, 0.1) is 0 Å². The van der Waals surface area contributed by atoms with E-state index in [0.29, 0.717) is 0 Å². The van der Waals surface area contributed by atoms with E-state index < -0.39 is 33.9 Å². The van der Waals surface area contributed by atoms with Crippen LogP contribution >= 0.6 is 11.8 Å². The van der Waals surface area contributed by atoms with Gasteiger partial charge in [-0.15, -0.1) is 0 Å². The van der Waals surface area contributed by atoms with Gasteiger partial charge in [-0.2, -0.15) is 26.3 Å². The fourth-order valence-electron chi connectivity index (χ4n) is 0.777. The molecule has 0 radical (unpaired) electrons. The van der Waals surface area contributed by atoms with Gasteiger partial charge in [0.25, 0.3) is 5.67 Å². The van der Waals surface area contributed by atoms with Crippen LogP contribution in [0, 0.1) is 0 Å². The maximum atomic E-state index is 12.7. The van der Waals surface area contributed by atoms with Crippen LogP contribution in [0.2, 0.25) is 0 Å². The van der Waals surface area contributed by atoms with Crippen LogP contribution < -0.4 is 0 Å². The largest absolute Gasteiger partial charge is 0.365 e. The Kier molecular flexibility index (Phi) is 1.90. The Labute approximate surface area is 72.5 Å². The highest BCUT2D eigenvalue weighted by atomic mass is 32.2. The number of alkyl halides is 7. The molecule has 0 bridgehead atoms. The van der Waals surface area contributed by atoms with E-state index in [0.717, 1.165) is 0 Å². The molecule has 0 aliphatic carbocycles. The van der Waals surface area contributed by atoms with Gasteiger partial charge >= 0.3 is 16.4 Å². The third-order valence-electron chi connectivity index (χ3n) is 1.76. The summed E-state index contributed by atoms with van der Waals surface area (Å²) in [5, 5.41) is -9.88. The van der Waals surface area contributed by atoms with Crippen molar-refractivity contribution >= 4 is 11.8 Å². The summed E-state index contributed by atoms with van der Waals surface area (Å²) in [4.78, 5) is 0. The van der Waals surface area contributed by atoms with E-state index in [9.17, 15) is 30.7 Å². The Morgan fingerprint density at radius 1 is 0.769 bits per heavy atom. The van der Waals surface area contributed by atoms with E-state index in [4.69, 9.17) is 0 Å². The van der Waals surface area contributed by atoms with Crippen LogP contribution in [0.15, 0.2) is 0 Å². The van der Waals surface area contributed by atoms with Crippen LogP contribution in [0.25, 0.3) is 0 Å². The van der Waals surface area contributed by atoms with Crippen molar-refractivity contribution in [2.24, 2.45) is 0 Å². The lowest BCUT2D eigenvalue weighted by Gasteiger charge is -2.26.